The number of halogens is 4. The molecule has 0 spiro atoms. The Balaban J connectivity index is 1.68. The van der Waals surface area contributed by atoms with E-state index in [0.717, 1.165) is 30.5 Å². The molecule has 0 saturated carbocycles. The second kappa shape index (κ2) is 9.31. The summed E-state index contributed by atoms with van der Waals surface area (Å²) in [7, 11) is 0. The van der Waals surface area contributed by atoms with Gasteiger partial charge < -0.3 is 15.5 Å². The topological polar surface area (TPSA) is 74.0 Å². The van der Waals surface area contributed by atoms with Crippen molar-refractivity contribution in [1.29, 1.82) is 0 Å². The lowest BCUT2D eigenvalue weighted by Gasteiger charge is -2.36. The van der Waals surface area contributed by atoms with Crippen LogP contribution in [0.3, 0.4) is 0 Å². The smallest absolute Gasteiger partial charge is 0.255 e. The van der Waals surface area contributed by atoms with Crippen LogP contribution in [0, 0.1) is 17.5 Å². The minimum absolute atomic E-state index is 0.0256. The molecule has 3 N–H and O–H groups in total. The van der Waals surface area contributed by atoms with Crippen molar-refractivity contribution in [2.75, 3.05) is 31.1 Å². The van der Waals surface area contributed by atoms with Gasteiger partial charge in [-0.3, -0.25) is 10.2 Å². The van der Waals surface area contributed by atoms with E-state index in [-0.39, 0.29) is 59.0 Å². The molecular formula is C19H17ClF3N5OS. The Kier molecular flexibility index (Phi) is 6.78. The number of hydrogen-bond acceptors (Lipinski definition) is 4. The van der Waals surface area contributed by atoms with E-state index in [0.29, 0.717) is 0 Å². The molecule has 0 unspecified atom stereocenters. The lowest BCUT2D eigenvalue weighted by molar-refractivity contribution is 0.0746. The predicted octanol–water partition coefficient (Wildman–Crippen LogP) is 2.89. The molecule has 1 fully saturated rings. The standard InChI is InChI=1S/C19H17ClF3N5OS/c20-14-8-12(21)1-2-13(14)18(29)28-5-3-27(4-6-28)17-9-15(22)11(7-16(17)23)10-25-26-19(24)30/h1-2,7-10H,3-6H2,(H3,24,26,30). The molecule has 6 nitrogen and oxygen atoms in total. The molecule has 2 aromatic rings. The number of rotatable bonds is 4. The first-order valence-corrected chi connectivity index (χ1v) is 9.61. The first kappa shape index (κ1) is 21.8. The van der Waals surface area contributed by atoms with E-state index in [1.165, 1.54) is 11.0 Å². The van der Waals surface area contributed by atoms with Crippen molar-refractivity contribution >= 4 is 46.7 Å². The lowest BCUT2D eigenvalue weighted by atomic mass is 10.1. The Bertz CT molecular complexity index is 1010. The number of thiocarbonyl (C=S) groups is 1. The number of piperazine rings is 1. The molecule has 0 aliphatic carbocycles. The van der Waals surface area contributed by atoms with E-state index < -0.39 is 17.5 Å². The van der Waals surface area contributed by atoms with E-state index in [4.69, 9.17) is 17.3 Å². The number of hydrogen-bond donors (Lipinski definition) is 2. The minimum atomic E-state index is -0.670. The number of nitrogens with zero attached hydrogens (tertiary/aromatic N) is 3. The van der Waals surface area contributed by atoms with Gasteiger partial charge in [-0.2, -0.15) is 5.10 Å². The van der Waals surface area contributed by atoms with Gasteiger partial charge in [-0.05, 0) is 36.5 Å². The number of amides is 1. The third-order valence-corrected chi connectivity index (χ3v) is 4.92. The van der Waals surface area contributed by atoms with Crippen LogP contribution in [-0.2, 0) is 0 Å². The zero-order valence-electron chi connectivity index (χ0n) is 15.5. The normalized spacial score (nSPS) is 14.3. The molecule has 1 aliphatic heterocycles. The van der Waals surface area contributed by atoms with Gasteiger partial charge in [0.05, 0.1) is 22.5 Å². The maximum absolute atomic E-state index is 14.5. The Hall–Kier alpha value is -2.85. The van der Waals surface area contributed by atoms with E-state index in [1.54, 1.807) is 4.90 Å². The van der Waals surface area contributed by atoms with Crippen LogP contribution >= 0.6 is 23.8 Å². The molecule has 1 aliphatic rings. The molecule has 11 heteroatoms. The fraction of sp³-hybridized carbons (Fsp3) is 0.211. The van der Waals surface area contributed by atoms with Crippen LogP contribution in [0.2, 0.25) is 5.02 Å². The second-order valence-electron chi connectivity index (χ2n) is 6.46. The van der Waals surface area contributed by atoms with Crippen LogP contribution in [-0.4, -0.2) is 48.3 Å². The number of nitrogens with two attached hydrogens (primary N) is 1. The number of nitrogens with one attached hydrogen (secondary N) is 1. The SMILES string of the molecule is NC(=S)NN=Cc1cc(F)c(N2CCN(C(=O)c3ccc(F)cc3Cl)CC2)cc1F. The highest BCUT2D eigenvalue weighted by Crippen LogP contribution is 2.25. The van der Waals surface area contributed by atoms with Crippen LogP contribution in [0.5, 0.6) is 0 Å². The number of carbonyl (C=O) groups excluding carboxylic acids is 1. The fourth-order valence-electron chi connectivity index (χ4n) is 3.04. The van der Waals surface area contributed by atoms with Crippen molar-refractivity contribution < 1.29 is 18.0 Å². The maximum Gasteiger partial charge on any atom is 0.255 e. The predicted molar refractivity (Wildman–Crippen MR) is 113 cm³/mol. The maximum atomic E-state index is 14.5. The number of anilines is 1. The highest BCUT2D eigenvalue weighted by Gasteiger charge is 2.25. The summed E-state index contributed by atoms with van der Waals surface area (Å²) in [5, 5.41) is 3.54. The third kappa shape index (κ3) is 5.00. The van der Waals surface area contributed by atoms with E-state index in [9.17, 15) is 18.0 Å². The third-order valence-electron chi connectivity index (χ3n) is 4.51. The quantitative estimate of drug-likeness (QED) is 0.421. The summed E-state index contributed by atoms with van der Waals surface area (Å²) in [6.45, 7) is 1.12. The largest absolute Gasteiger partial charge is 0.375 e. The summed E-state index contributed by atoms with van der Waals surface area (Å²) in [4.78, 5) is 15.8. The molecule has 0 atom stereocenters. The number of benzene rings is 2. The Morgan fingerprint density at radius 3 is 2.47 bits per heavy atom. The van der Waals surface area contributed by atoms with E-state index >= 15 is 0 Å². The zero-order chi connectivity index (χ0) is 21.8. The van der Waals surface area contributed by atoms with Crippen LogP contribution < -0.4 is 16.1 Å². The molecule has 1 saturated heterocycles. The van der Waals surface area contributed by atoms with Gasteiger partial charge in [-0.25, -0.2) is 13.2 Å². The summed E-state index contributed by atoms with van der Waals surface area (Å²) in [5.41, 5.74) is 7.68. The monoisotopic (exact) mass is 455 g/mol. The number of hydrazone groups is 1. The van der Waals surface area contributed by atoms with Crippen molar-refractivity contribution in [3.63, 3.8) is 0 Å². The summed E-state index contributed by atoms with van der Waals surface area (Å²) in [6.07, 6.45) is 1.07. The summed E-state index contributed by atoms with van der Waals surface area (Å²) < 4.78 is 42.1. The van der Waals surface area contributed by atoms with Gasteiger partial charge in [0.2, 0.25) is 0 Å². The fourth-order valence-corrected chi connectivity index (χ4v) is 3.34. The molecule has 1 amide bonds. The average molecular weight is 456 g/mol. The van der Waals surface area contributed by atoms with Crippen LogP contribution in [0.1, 0.15) is 15.9 Å². The van der Waals surface area contributed by atoms with Crippen LogP contribution in [0.15, 0.2) is 35.4 Å². The lowest BCUT2D eigenvalue weighted by Crippen LogP contribution is -2.49. The van der Waals surface area contributed by atoms with Crippen molar-refractivity contribution in [3.05, 3.63) is 63.9 Å². The second-order valence-corrected chi connectivity index (χ2v) is 7.31. The first-order valence-electron chi connectivity index (χ1n) is 8.83. The molecule has 30 heavy (non-hydrogen) atoms. The van der Waals surface area contributed by atoms with Crippen LogP contribution in [0.4, 0.5) is 18.9 Å². The molecule has 1 heterocycles. The summed E-state index contributed by atoms with van der Waals surface area (Å²) in [5.74, 6) is -2.18. The van der Waals surface area contributed by atoms with Crippen molar-refractivity contribution in [2.24, 2.45) is 10.8 Å². The van der Waals surface area contributed by atoms with Gasteiger partial charge in [0.15, 0.2) is 5.11 Å². The van der Waals surface area contributed by atoms with Gasteiger partial charge in [0.25, 0.3) is 5.91 Å². The first-order chi connectivity index (χ1) is 14.3. The minimum Gasteiger partial charge on any atom is -0.375 e. The highest BCUT2D eigenvalue weighted by molar-refractivity contribution is 7.80. The summed E-state index contributed by atoms with van der Waals surface area (Å²) >= 11 is 10.5. The average Bonchev–Trinajstić information content (AvgIpc) is 2.70. The van der Waals surface area contributed by atoms with Crippen molar-refractivity contribution in [3.8, 4) is 0 Å². The van der Waals surface area contributed by atoms with Crippen molar-refractivity contribution in [2.45, 2.75) is 0 Å². The van der Waals surface area contributed by atoms with Gasteiger partial charge in [-0.15, -0.1) is 0 Å². The molecule has 0 aromatic heterocycles. The van der Waals surface area contributed by atoms with Crippen LogP contribution in [0.25, 0.3) is 0 Å². The Morgan fingerprint density at radius 2 is 1.83 bits per heavy atom. The van der Waals surface area contributed by atoms with Gasteiger partial charge in [0, 0.05) is 37.8 Å². The van der Waals surface area contributed by atoms with E-state index in [2.05, 4.69) is 22.7 Å². The molecule has 3 rings (SSSR count). The molecule has 158 valence electrons. The summed E-state index contributed by atoms with van der Waals surface area (Å²) in [6, 6.07) is 5.66. The molecule has 2 aromatic carbocycles. The van der Waals surface area contributed by atoms with Gasteiger partial charge in [-0.1, -0.05) is 11.6 Å². The molecular weight excluding hydrogens is 439 g/mol. The zero-order valence-corrected chi connectivity index (χ0v) is 17.1. The Morgan fingerprint density at radius 1 is 1.13 bits per heavy atom. The molecule has 0 radical (unpaired) electrons. The Labute approximate surface area is 181 Å². The van der Waals surface area contributed by atoms with Gasteiger partial charge in [0.1, 0.15) is 17.5 Å². The van der Waals surface area contributed by atoms with E-state index in [1.807, 2.05) is 0 Å². The molecule has 0 bridgehead atoms. The number of carbonyl (C=O) groups is 1. The highest BCUT2D eigenvalue weighted by atomic mass is 35.5. The van der Waals surface area contributed by atoms with Crippen molar-refractivity contribution in [1.82, 2.24) is 10.3 Å². The van der Waals surface area contributed by atoms with Gasteiger partial charge >= 0.3 is 0 Å².